The van der Waals surface area contributed by atoms with Gasteiger partial charge in [-0.05, 0) is 49.3 Å². The first-order valence-corrected chi connectivity index (χ1v) is 8.82. The maximum atomic E-state index is 10.3. The van der Waals surface area contributed by atoms with E-state index in [1.54, 1.807) is 11.3 Å². The molecule has 0 aliphatic carbocycles. The van der Waals surface area contributed by atoms with Crippen molar-refractivity contribution >= 4 is 11.3 Å². The van der Waals surface area contributed by atoms with Gasteiger partial charge in [-0.15, -0.1) is 11.3 Å². The van der Waals surface area contributed by atoms with Crippen LogP contribution in [0.3, 0.4) is 0 Å². The first-order chi connectivity index (χ1) is 10.6. The summed E-state index contributed by atoms with van der Waals surface area (Å²) in [6.45, 7) is 6.58. The van der Waals surface area contributed by atoms with Gasteiger partial charge in [-0.3, -0.25) is 4.98 Å². The molecule has 0 aromatic carbocycles. The molecule has 22 heavy (non-hydrogen) atoms. The molecule has 4 heteroatoms. The molecule has 0 fully saturated rings. The molecular formula is C18H26N2OS. The van der Waals surface area contributed by atoms with Crippen LogP contribution in [0.4, 0.5) is 0 Å². The van der Waals surface area contributed by atoms with E-state index in [2.05, 4.69) is 37.1 Å². The molecule has 120 valence electrons. The molecule has 0 saturated heterocycles. The van der Waals surface area contributed by atoms with Gasteiger partial charge in [0.15, 0.2) is 0 Å². The number of nitrogens with one attached hydrogen (secondary N) is 1. The van der Waals surface area contributed by atoms with Crippen molar-refractivity contribution in [3.8, 4) is 0 Å². The van der Waals surface area contributed by atoms with Crippen molar-refractivity contribution in [3.63, 3.8) is 0 Å². The van der Waals surface area contributed by atoms with Gasteiger partial charge in [0.2, 0.25) is 0 Å². The summed E-state index contributed by atoms with van der Waals surface area (Å²) >= 11 is 1.61. The minimum absolute atomic E-state index is 0.225. The first-order valence-electron chi connectivity index (χ1n) is 7.94. The maximum absolute atomic E-state index is 10.3. The van der Waals surface area contributed by atoms with Crippen LogP contribution in [0, 0.1) is 5.92 Å². The fourth-order valence-electron chi connectivity index (χ4n) is 2.67. The second kappa shape index (κ2) is 8.42. The molecule has 3 unspecified atom stereocenters. The van der Waals surface area contributed by atoms with Gasteiger partial charge in [0, 0.05) is 23.2 Å². The molecule has 0 radical (unpaired) electrons. The second-order valence-electron chi connectivity index (χ2n) is 6.27. The van der Waals surface area contributed by atoms with E-state index >= 15 is 0 Å². The molecule has 2 rings (SSSR count). The molecule has 3 atom stereocenters. The van der Waals surface area contributed by atoms with Crippen LogP contribution in [0.15, 0.2) is 41.9 Å². The Morgan fingerprint density at radius 2 is 1.95 bits per heavy atom. The third kappa shape index (κ3) is 5.20. The zero-order valence-electron chi connectivity index (χ0n) is 13.6. The number of nitrogens with zero attached hydrogens (tertiary/aromatic N) is 1. The number of rotatable bonds is 8. The number of hydrogen-bond acceptors (Lipinski definition) is 4. The van der Waals surface area contributed by atoms with E-state index in [1.807, 2.05) is 35.8 Å². The summed E-state index contributed by atoms with van der Waals surface area (Å²) in [7, 11) is 0. The lowest BCUT2D eigenvalue weighted by atomic mass is 9.98. The Morgan fingerprint density at radius 3 is 2.55 bits per heavy atom. The highest BCUT2D eigenvalue weighted by Crippen LogP contribution is 2.25. The zero-order chi connectivity index (χ0) is 15.9. The highest BCUT2D eigenvalue weighted by Gasteiger charge is 2.19. The Kier molecular flexibility index (Phi) is 6.55. The van der Waals surface area contributed by atoms with Crippen LogP contribution >= 0.6 is 11.3 Å². The van der Waals surface area contributed by atoms with E-state index in [-0.39, 0.29) is 12.1 Å². The van der Waals surface area contributed by atoms with Crippen LogP contribution in [-0.4, -0.2) is 16.1 Å². The van der Waals surface area contributed by atoms with E-state index in [9.17, 15) is 5.11 Å². The number of aromatic nitrogens is 1. The van der Waals surface area contributed by atoms with Gasteiger partial charge < -0.3 is 10.4 Å². The van der Waals surface area contributed by atoms with E-state index in [0.29, 0.717) is 12.3 Å². The van der Waals surface area contributed by atoms with Crippen LogP contribution in [0.25, 0.3) is 0 Å². The van der Waals surface area contributed by atoms with Crippen LogP contribution in [0.5, 0.6) is 0 Å². The van der Waals surface area contributed by atoms with Gasteiger partial charge in [-0.25, -0.2) is 0 Å². The molecular weight excluding hydrogens is 292 g/mol. The first kappa shape index (κ1) is 17.1. The van der Waals surface area contributed by atoms with E-state index in [0.717, 1.165) is 17.0 Å². The Morgan fingerprint density at radius 1 is 1.14 bits per heavy atom. The minimum Gasteiger partial charge on any atom is -0.388 e. The average molecular weight is 318 g/mol. The number of pyridine rings is 1. The smallest absolute Gasteiger partial charge is 0.0896 e. The lowest BCUT2D eigenvalue weighted by Crippen LogP contribution is -2.33. The topological polar surface area (TPSA) is 45.1 Å². The minimum atomic E-state index is -0.397. The number of hydrogen-bond donors (Lipinski definition) is 2. The summed E-state index contributed by atoms with van der Waals surface area (Å²) < 4.78 is 0. The predicted molar refractivity (Wildman–Crippen MR) is 92.9 cm³/mol. The molecule has 0 saturated carbocycles. The van der Waals surface area contributed by atoms with Gasteiger partial charge in [-0.1, -0.05) is 26.0 Å². The number of aliphatic hydroxyl groups is 1. The van der Waals surface area contributed by atoms with Crippen LogP contribution in [-0.2, 0) is 0 Å². The Labute approximate surface area is 137 Å². The molecule has 0 bridgehead atoms. The average Bonchev–Trinajstić information content (AvgIpc) is 3.01. The fourth-order valence-corrected chi connectivity index (χ4v) is 3.40. The van der Waals surface area contributed by atoms with Crippen molar-refractivity contribution in [3.05, 3.63) is 52.5 Å². The standard InChI is InChI=1S/C18H26N2OS/c1-13(2)11-16(15-7-4-5-9-19-15)20-14(3)12-17(21)18-8-6-10-22-18/h4-10,13-14,16-17,20-21H,11-12H2,1-3H3. The monoisotopic (exact) mass is 318 g/mol. The molecule has 0 aliphatic heterocycles. The third-order valence-corrected chi connectivity index (χ3v) is 4.66. The van der Waals surface area contributed by atoms with Crippen LogP contribution in [0.1, 0.15) is 56.3 Å². The molecule has 2 N–H and O–H groups in total. The maximum Gasteiger partial charge on any atom is 0.0896 e. The summed E-state index contributed by atoms with van der Waals surface area (Å²) in [5.41, 5.74) is 1.08. The summed E-state index contributed by atoms with van der Waals surface area (Å²) in [4.78, 5) is 5.53. The van der Waals surface area contributed by atoms with Crippen LogP contribution in [0.2, 0.25) is 0 Å². The largest absolute Gasteiger partial charge is 0.388 e. The van der Waals surface area contributed by atoms with E-state index < -0.39 is 6.10 Å². The quantitative estimate of drug-likeness (QED) is 0.761. The molecule has 0 aliphatic rings. The van der Waals surface area contributed by atoms with E-state index in [1.165, 1.54) is 0 Å². The van der Waals surface area contributed by atoms with E-state index in [4.69, 9.17) is 0 Å². The Balaban J connectivity index is 1.97. The summed E-state index contributed by atoms with van der Waals surface area (Å²) in [5.74, 6) is 0.592. The van der Waals surface area contributed by atoms with Gasteiger partial charge in [0.1, 0.15) is 0 Å². The van der Waals surface area contributed by atoms with Crippen molar-refractivity contribution in [2.75, 3.05) is 0 Å². The van der Waals surface area contributed by atoms with Crippen molar-refractivity contribution in [2.45, 2.75) is 51.8 Å². The Hall–Kier alpha value is -1.23. The zero-order valence-corrected chi connectivity index (χ0v) is 14.4. The van der Waals surface area contributed by atoms with Gasteiger partial charge in [-0.2, -0.15) is 0 Å². The summed E-state index contributed by atoms with van der Waals surface area (Å²) in [6, 6.07) is 10.5. The summed E-state index contributed by atoms with van der Waals surface area (Å²) in [5, 5.41) is 15.9. The molecule has 0 spiro atoms. The van der Waals surface area contributed by atoms with Crippen LogP contribution < -0.4 is 5.32 Å². The Bertz CT molecular complexity index is 527. The SMILES string of the molecule is CC(C)CC(NC(C)CC(O)c1cccs1)c1ccccn1. The summed E-state index contributed by atoms with van der Waals surface area (Å²) in [6.07, 6.45) is 3.19. The van der Waals surface area contributed by atoms with Crippen molar-refractivity contribution < 1.29 is 5.11 Å². The van der Waals surface area contributed by atoms with Crippen molar-refractivity contribution in [1.82, 2.24) is 10.3 Å². The lowest BCUT2D eigenvalue weighted by molar-refractivity contribution is 0.153. The van der Waals surface area contributed by atoms with Gasteiger partial charge in [0.05, 0.1) is 11.8 Å². The molecule has 3 nitrogen and oxygen atoms in total. The third-order valence-electron chi connectivity index (χ3n) is 3.69. The molecule has 2 aromatic rings. The van der Waals surface area contributed by atoms with Gasteiger partial charge >= 0.3 is 0 Å². The predicted octanol–water partition coefficient (Wildman–Crippen LogP) is 4.33. The highest BCUT2D eigenvalue weighted by molar-refractivity contribution is 7.10. The normalized spacial score (nSPS) is 15.7. The van der Waals surface area contributed by atoms with Crippen molar-refractivity contribution in [1.29, 1.82) is 0 Å². The lowest BCUT2D eigenvalue weighted by Gasteiger charge is -2.25. The van der Waals surface area contributed by atoms with Gasteiger partial charge in [0.25, 0.3) is 0 Å². The molecule has 0 amide bonds. The van der Waals surface area contributed by atoms with Crippen molar-refractivity contribution in [2.24, 2.45) is 5.92 Å². The second-order valence-corrected chi connectivity index (χ2v) is 7.25. The molecule has 2 heterocycles. The highest BCUT2D eigenvalue weighted by atomic mass is 32.1. The number of thiophene rings is 1. The fraction of sp³-hybridized carbons (Fsp3) is 0.500. The molecule has 2 aromatic heterocycles. The number of aliphatic hydroxyl groups excluding tert-OH is 1.